The number of rotatable bonds is 8. The van der Waals surface area contributed by atoms with Crippen molar-refractivity contribution in [2.45, 2.75) is 65.2 Å². The van der Waals surface area contributed by atoms with Gasteiger partial charge in [0, 0.05) is 0 Å². The molecule has 0 spiro atoms. The highest BCUT2D eigenvalue weighted by Gasteiger charge is 2.08. The smallest absolute Gasteiger partial charge is 0.0583 e. The third kappa shape index (κ3) is 4.25. The molecule has 0 aromatic heterocycles. The average molecular weight is 248 g/mol. The molecule has 0 aliphatic rings. The normalized spacial score (nSPS) is 10.8. The Bertz CT molecular complexity index is 358. The lowest BCUT2D eigenvalue weighted by Gasteiger charge is -2.14. The highest BCUT2D eigenvalue weighted by Crippen LogP contribution is 2.27. The number of hydrogen-bond donors (Lipinski definition) is 2. The van der Waals surface area contributed by atoms with E-state index in [-0.39, 0.29) is 0 Å². The van der Waals surface area contributed by atoms with Crippen molar-refractivity contribution in [3.63, 3.8) is 0 Å². The fourth-order valence-electron chi connectivity index (χ4n) is 2.37. The number of unbranched alkanes of at least 4 members (excludes halogenated alkanes) is 4. The van der Waals surface area contributed by atoms with Gasteiger partial charge in [-0.15, -0.1) is 0 Å². The lowest BCUT2D eigenvalue weighted by atomic mass is 9.95. The Labute approximate surface area is 112 Å². The molecule has 0 saturated carbocycles. The first-order chi connectivity index (χ1) is 8.70. The molecule has 0 heterocycles. The van der Waals surface area contributed by atoms with E-state index in [0.717, 1.165) is 24.2 Å². The molecule has 0 bridgehead atoms. The zero-order valence-electron chi connectivity index (χ0n) is 12.0. The van der Waals surface area contributed by atoms with Crippen LogP contribution in [-0.4, -0.2) is 0 Å². The summed E-state index contributed by atoms with van der Waals surface area (Å²) in [6, 6.07) is 4.13. The van der Waals surface area contributed by atoms with Gasteiger partial charge < -0.3 is 11.5 Å². The summed E-state index contributed by atoms with van der Waals surface area (Å²) < 4.78 is 0. The van der Waals surface area contributed by atoms with Crippen molar-refractivity contribution in [2.75, 3.05) is 11.5 Å². The molecule has 0 amide bonds. The standard InChI is InChI=1S/C16H28N2/c1-3-5-7-9-13-11-12-15(17)16(18)14(13)10-8-6-4-2/h11-12H,3-10,17-18H2,1-2H3. The number of nitrogen functional groups attached to an aromatic ring is 2. The average Bonchev–Trinajstić information content (AvgIpc) is 2.37. The van der Waals surface area contributed by atoms with E-state index in [4.69, 9.17) is 11.5 Å². The van der Waals surface area contributed by atoms with E-state index in [9.17, 15) is 0 Å². The van der Waals surface area contributed by atoms with Crippen molar-refractivity contribution >= 4 is 11.4 Å². The maximum atomic E-state index is 6.14. The molecule has 102 valence electrons. The lowest BCUT2D eigenvalue weighted by Crippen LogP contribution is -2.04. The molecule has 1 aromatic rings. The van der Waals surface area contributed by atoms with Gasteiger partial charge in [-0.2, -0.15) is 0 Å². The fraction of sp³-hybridized carbons (Fsp3) is 0.625. The molecule has 0 fully saturated rings. The Balaban J connectivity index is 2.76. The minimum Gasteiger partial charge on any atom is -0.397 e. The van der Waals surface area contributed by atoms with Gasteiger partial charge >= 0.3 is 0 Å². The van der Waals surface area contributed by atoms with Gasteiger partial charge in [-0.3, -0.25) is 0 Å². The summed E-state index contributed by atoms with van der Waals surface area (Å²) in [5, 5.41) is 0. The summed E-state index contributed by atoms with van der Waals surface area (Å²) in [4.78, 5) is 0. The number of benzene rings is 1. The highest BCUT2D eigenvalue weighted by molar-refractivity contribution is 5.69. The van der Waals surface area contributed by atoms with Crippen molar-refractivity contribution in [2.24, 2.45) is 0 Å². The van der Waals surface area contributed by atoms with E-state index in [1.54, 1.807) is 0 Å². The summed E-state index contributed by atoms with van der Waals surface area (Å²) in [5.41, 5.74) is 16.3. The van der Waals surface area contributed by atoms with Crippen LogP contribution in [0.5, 0.6) is 0 Å². The van der Waals surface area contributed by atoms with E-state index in [1.807, 2.05) is 6.07 Å². The Morgan fingerprint density at radius 2 is 1.44 bits per heavy atom. The maximum absolute atomic E-state index is 6.14. The second kappa shape index (κ2) is 8.02. The molecule has 2 nitrogen and oxygen atoms in total. The van der Waals surface area contributed by atoms with Crippen LogP contribution in [0.3, 0.4) is 0 Å². The van der Waals surface area contributed by atoms with Gasteiger partial charge in [0.15, 0.2) is 0 Å². The molecule has 0 aliphatic heterocycles. The first-order valence-corrected chi connectivity index (χ1v) is 7.36. The van der Waals surface area contributed by atoms with Crippen molar-refractivity contribution in [1.82, 2.24) is 0 Å². The molecule has 1 aromatic carbocycles. The Kier molecular flexibility index (Phi) is 6.63. The van der Waals surface area contributed by atoms with E-state index in [2.05, 4.69) is 19.9 Å². The largest absolute Gasteiger partial charge is 0.397 e. The molecule has 4 N–H and O–H groups in total. The zero-order chi connectivity index (χ0) is 13.4. The van der Waals surface area contributed by atoms with E-state index >= 15 is 0 Å². The second-order valence-corrected chi connectivity index (χ2v) is 5.12. The quantitative estimate of drug-likeness (QED) is 0.532. The lowest BCUT2D eigenvalue weighted by molar-refractivity contribution is 0.694. The van der Waals surface area contributed by atoms with Gasteiger partial charge in [0.2, 0.25) is 0 Å². The minimum absolute atomic E-state index is 0.737. The van der Waals surface area contributed by atoms with E-state index in [1.165, 1.54) is 49.7 Å². The van der Waals surface area contributed by atoms with Crippen LogP contribution < -0.4 is 11.5 Å². The first kappa shape index (κ1) is 14.9. The molecule has 18 heavy (non-hydrogen) atoms. The molecular weight excluding hydrogens is 220 g/mol. The molecular formula is C16H28N2. The maximum Gasteiger partial charge on any atom is 0.0583 e. The van der Waals surface area contributed by atoms with Crippen molar-refractivity contribution in [3.8, 4) is 0 Å². The monoisotopic (exact) mass is 248 g/mol. The summed E-state index contributed by atoms with van der Waals surface area (Å²) in [6.07, 6.45) is 9.74. The molecule has 0 atom stereocenters. The summed E-state index contributed by atoms with van der Waals surface area (Å²) in [5.74, 6) is 0. The summed E-state index contributed by atoms with van der Waals surface area (Å²) in [6.45, 7) is 4.46. The predicted molar refractivity (Wildman–Crippen MR) is 81.7 cm³/mol. The van der Waals surface area contributed by atoms with Crippen LogP contribution in [0.25, 0.3) is 0 Å². The Morgan fingerprint density at radius 1 is 0.833 bits per heavy atom. The Hall–Kier alpha value is -1.18. The Morgan fingerprint density at radius 3 is 2.06 bits per heavy atom. The van der Waals surface area contributed by atoms with Crippen molar-refractivity contribution in [1.29, 1.82) is 0 Å². The summed E-state index contributed by atoms with van der Waals surface area (Å²) >= 11 is 0. The highest BCUT2D eigenvalue weighted by atomic mass is 14.7. The van der Waals surface area contributed by atoms with Gasteiger partial charge in [0.25, 0.3) is 0 Å². The van der Waals surface area contributed by atoms with E-state index in [0.29, 0.717) is 0 Å². The van der Waals surface area contributed by atoms with Gasteiger partial charge in [0.1, 0.15) is 0 Å². The zero-order valence-corrected chi connectivity index (χ0v) is 12.0. The molecule has 0 radical (unpaired) electrons. The number of anilines is 2. The summed E-state index contributed by atoms with van der Waals surface area (Å²) in [7, 11) is 0. The van der Waals surface area contributed by atoms with Crippen LogP contribution in [0, 0.1) is 0 Å². The van der Waals surface area contributed by atoms with Crippen LogP contribution in [0.1, 0.15) is 63.5 Å². The number of hydrogen-bond acceptors (Lipinski definition) is 2. The first-order valence-electron chi connectivity index (χ1n) is 7.36. The van der Waals surface area contributed by atoms with Crippen LogP contribution in [0.2, 0.25) is 0 Å². The van der Waals surface area contributed by atoms with Gasteiger partial charge in [0.05, 0.1) is 11.4 Å². The van der Waals surface area contributed by atoms with Crippen LogP contribution in [0.4, 0.5) is 11.4 Å². The molecule has 0 saturated heterocycles. The van der Waals surface area contributed by atoms with Crippen LogP contribution in [0.15, 0.2) is 12.1 Å². The van der Waals surface area contributed by atoms with Crippen LogP contribution >= 0.6 is 0 Å². The van der Waals surface area contributed by atoms with Gasteiger partial charge in [-0.1, -0.05) is 45.6 Å². The molecule has 0 unspecified atom stereocenters. The topological polar surface area (TPSA) is 52.0 Å². The second-order valence-electron chi connectivity index (χ2n) is 5.12. The molecule has 1 rings (SSSR count). The van der Waals surface area contributed by atoms with Crippen molar-refractivity contribution in [3.05, 3.63) is 23.3 Å². The number of aryl methyl sites for hydroxylation is 1. The van der Waals surface area contributed by atoms with E-state index < -0.39 is 0 Å². The SMILES string of the molecule is CCCCCc1ccc(N)c(N)c1CCCCC. The third-order valence-corrected chi connectivity index (χ3v) is 3.57. The molecule has 2 heteroatoms. The van der Waals surface area contributed by atoms with Gasteiger partial charge in [-0.05, 0) is 42.9 Å². The van der Waals surface area contributed by atoms with Crippen molar-refractivity contribution < 1.29 is 0 Å². The fourth-order valence-corrected chi connectivity index (χ4v) is 2.37. The third-order valence-electron chi connectivity index (χ3n) is 3.57. The number of nitrogens with two attached hydrogens (primary N) is 2. The minimum atomic E-state index is 0.737. The van der Waals surface area contributed by atoms with Gasteiger partial charge in [-0.25, -0.2) is 0 Å². The predicted octanol–water partition coefficient (Wildman–Crippen LogP) is 4.32. The van der Waals surface area contributed by atoms with Crippen LogP contribution in [-0.2, 0) is 12.8 Å². The molecule has 0 aliphatic carbocycles.